The lowest BCUT2D eigenvalue weighted by molar-refractivity contribution is -0.136. The Morgan fingerprint density at radius 3 is 1.97 bits per heavy atom. The highest BCUT2D eigenvalue weighted by Crippen LogP contribution is 2.29. The normalized spacial score (nSPS) is 11.2. The number of hydrogen-bond acceptors (Lipinski definition) is 5. The molecule has 3 rings (SSSR count). The molecule has 4 N–H and O–H groups in total. The first-order valence-corrected chi connectivity index (χ1v) is 9.18. The molecule has 7 nitrogen and oxygen atoms in total. The van der Waals surface area contributed by atoms with E-state index < -0.39 is 17.4 Å². The van der Waals surface area contributed by atoms with Crippen LogP contribution in [0, 0.1) is 0 Å². The maximum absolute atomic E-state index is 12.9. The molecule has 2 amide bonds. The number of rotatable bonds is 8. The summed E-state index contributed by atoms with van der Waals surface area (Å²) >= 11 is 0. The van der Waals surface area contributed by atoms with E-state index in [2.05, 4.69) is 10.5 Å². The van der Waals surface area contributed by atoms with Crippen molar-refractivity contribution < 1.29 is 19.4 Å². The van der Waals surface area contributed by atoms with Crippen molar-refractivity contribution >= 4 is 18.0 Å². The van der Waals surface area contributed by atoms with Crippen molar-refractivity contribution in [3.8, 4) is 5.75 Å². The predicted molar refractivity (Wildman–Crippen MR) is 113 cm³/mol. The molecule has 30 heavy (non-hydrogen) atoms. The second kappa shape index (κ2) is 9.49. The van der Waals surface area contributed by atoms with Gasteiger partial charge in [0.25, 0.3) is 11.8 Å². The molecular formula is C23H21N3O4. The van der Waals surface area contributed by atoms with Crippen molar-refractivity contribution in [1.82, 2.24) is 5.43 Å². The van der Waals surface area contributed by atoms with Crippen LogP contribution < -0.4 is 15.9 Å². The molecule has 7 heteroatoms. The lowest BCUT2D eigenvalue weighted by Crippen LogP contribution is -2.43. The number of nitrogens with zero attached hydrogens (tertiary/aromatic N) is 1. The molecule has 0 radical (unpaired) electrons. The average Bonchev–Trinajstić information content (AvgIpc) is 2.79. The maximum atomic E-state index is 12.9. The van der Waals surface area contributed by atoms with E-state index in [0.29, 0.717) is 22.4 Å². The lowest BCUT2D eigenvalue weighted by atomic mass is 9.85. The van der Waals surface area contributed by atoms with Crippen molar-refractivity contribution in [2.75, 3.05) is 6.61 Å². The predicted octanol–water partition coefficient (Wildman–Crippen LogP) is 1.94. The number of ether oxygens (including phenoxy) is 1. The van der Waals surface area contributed by atoms with Crippen LogP contribution in [0.4, 0.5) is 0 Å². The molecule has 0 spiro atoms. The largest absolute Gasteiger partial charge is 0.484 e. The van der Waals surface area contributed by atoms with Crippen LogP contribution in [0.15, 0.2) is 90.0 Å². The summed E-state index contributed by atoms with van der Waals surface area (Å²) in [6, 6.07) is 24.0. The first-order valence-electron chi connectivity index (χ1n) is 9.18. The third-order valence-electron chi connectivity index (χ3n) is 4.35. The smallest absolute Gasteiger partial charge is 0.281 e. The van der Waals surface area contributed by atoms with Gasteiger partial charge in [0, 0.05) is 0 Å². The molecular weight excluding hydrogens is 382 g/mol. The number of carbonyl (C=O) groups excluding carboxylic acids is 2. The fraction of sp³-hybridized carbons (Fsp3) is 0.0870. The second-order valence-electron chi connectivity index (χ2n) is 6.47. The molecule has 0 bridgehead atoms. The summed E-state index contributed by atoms with van der Waals surface area (Å²) < 4.78 is 5.19. The number of amides is 2. The van der Waals surface area contributed by atoms with Gasteiger partial charge in [0.2, 0.25) is 0 Å². The molecule has 0 aliphatic heterocycles. The first-order chi connectivity index (χ1) is 14.5. The number of primary amides is 1. The third kappa shape index (κ3) is 4.89. The summed E-state index contributed by atoms with van der Waals surface area (Å²) in [6.45, 7) is -0.207. The SMILES string of the molecule is NC(=O)COc1ccc(C=NNC(=O)C(O)(c2ccccc2)c2ccccc2)cc1. The Kier molecular flexibility index (Phi) is 6.56. The second-order valence-corrected chi connectivity index (χ2v) is 6.47. The third-order valence-corrected chi connectivity index (χ3v) is 4.35. The summed E-state index contributed by atoms with van der Waals surface area (Å²) in [6.07, 6.45) is 1.44. The van der Waals surface area contributed by atoms with Gasteiger partial charge in [-0.05, 0) is 41.0 Å². The van der Waals surface area contributed by atoms with Crippen LogP contribution in [0.2, 0.25) is 0 Å². The summed E-state index contributed by atoms with van der Waals surface area (Å²) in [5.74, 6) is -0.761. The van der Waals surface area contributed by atoms with Gasteiger partial charge in [0.1, 0.15) is 5.75 Å². The Labute approximate surface area is 173 Å². The van der Waals surface area contributed by atoms with Crippen LogP contribution >= 0.6 is 0 Å². The number of nitrogens with two attached hydrogens (primary N) is 1. The zero-order valence-corrected chi connectivity index (χ0v) is 16.1. The summed E-state index contributed by atoms with van der Waals surface area (Å²) in [7, 11) is 0. The van der Waals surface area contributed by atoms with Crippen molar-refractivity contribution in [3.63, 3.8) is 0 Å². The van der Waals surface area contributed by atoms with Crippen LogP contribution in [0.5, 0.6) is 5.75 Å². The van der Waals surface area contributed by atoms with Gasteiger partial charge in [-0.1, -0.05) is 60.7 Å². The zero-order chi connectivity index (χ0) is 21.4. The quantitative estimate of drug-likeness (QED) is 0.394. The number of hydrogen-bond donors (Lipinski definition) is 3. The minimum atomic E-state index is -1.90. The highest BCUT2D eigenvalue weighted by Gasteiger charge is 2.39. The van der Waals surface area contributed by atoms with Crippen LogP contribution in [0.3, 0.4) is 0 Å². The van der Waals surface area contributed by atoms with Gasteiger partial charge in [0.15, 0.2) is 12.2 Å². The van der Waals surface area contributed by atoms with Crippen LogP contribution in [-0.2, 0) is 15.2 Å². The number of aliphatic hydroxyl groups is 1. The number of nitrogens with one attached hydrogen (secondary N) is 1. The van der Waals surface area contributed by atoms with Gasteiger partial charge >= 0.3 is 0 Å². The molecule has 0 unspecified atom stereocenters. The maximum Gasteiger partial charge on any atom is 0.281 e. The van der Waals surface area contributed by atoms with Gasteiger partial charge in [-0.25, -0.2) is 5.43 Å². The van der Waals surface area contributed by atoms with Gasteiger partial charge < -0.3 is 15.6 Å². The Bertz CT molecular complexity index is 980. The lowest BCUT2D eigenvalue weighted by Gasteiger charge is -2.27. The van der Waals surface area contributed by atoms with E-state index in [1.165, 1.54) is 6.21 Å². The molecule has 0 aromatic heterocycles. The van der Waals surface area contributed by atoms with E-state index in [9.17, 15) is 14.7 Å². The first kappa shape index (κ1) is 20.8. The average molecular weight is 403 g/mol. The van der Waals surface area contributed by atoms with Crippen LogP contribution in [-0.4, -0.2) is 29.7 Å². The molecule has 0 saturated heterocycles. The van der Waals surface area contributed by atoms with E-state index in [-0.39, 0.29) is 6.61 Å². The Morgan fingerprint density at radius 2 is 1.47 bits per heavy atom. The highest BCUT2D eigenvalue weighted by molar-refractivity contribution is 5.91. The highest BCUT2D eigenvalue weighted by atomic mass is 16.5. The molecule has 0 aliphatic rings. The van der Waals surface area contributed by atoms with Crippen LogP contribution in [0.1, 0.15) is 16.7 Å². The van der Waals surface area contributed by atoms with E-state index in [4.69, 9.17) is 10.5 Å². The van der Waals surface area contributed by atoms with Crippen LogP contribution in [0.25, 0.3) is 0 Å². The van der Waals surface area contributed by atoms with E-state index in [1.807, 2.05) is 12.1 Å². The molecule has 3 aromatic rings. The van der Waals surface area contributed by atoms with Crippen molar-refractivity contribution in [3.05, 3.63) is 102 Å². The van der Waals surface area contributed by atoms with Crippen molar-refractivity contribution in [2.45, 2.75) is 5.60 Å². The monoisotopic (exact) mass is 403 g/mol. The topological polar surface area (TPSA) is 114 Å². The number of benzene rings is 3. The fourth-order valence-corrected chi connectivity index (χ4v) is 2.84. The van der Waals surface area contributed by atoms with E-state index in [0.717, 1.165) is 0 Å². The molecule has 152 valence electrons. The van der Waals surface area contributed by atoms with Crippen molar-refractivity contribution in [1.29, 1.82) is 0 Å². The minimum absolute atomic E-state index is 0.207. The molecule has 0 heterocycles. The number of hydrazone groups is 1. The zero-order valence-electron chi connectivity index (χ0n) is 16.1. The van der Waals surface area contributed by atoms with Gasteiger partial charge in [-0.15, -0.1) is 0 Å². The summed E-state index contributed by atoms with van der Waals surface area (Å²) in [4.78, 5) is 23.7. The van der Waals surface area contributed by atoms with Crippen molar-refractivity contribution in [2.24, 2.45) is 10.8 Å². The number of carbonyl (C=O) groups is 2. The molecule has 0 fully saturated rings. The Balaban J connectivity index is 1.74. The molecule has 0 saturated carbocycles. The Morgan fingerprint density at radius 1 is 0.933 bits per heavy atom. The standard InChI is InChI=1S/C23H21N3O4/c24-21(27)16-30-20-13-11-17(12-14-20)15-25-26-22(28)23(29,18-7-3-1-4-8-18)19-9-5-2-6-10-19/h1-15,29H,16H2,(H2,24,27)(H,26,28). The Hall–Kier alpha value is -3.97. The molecule has 0 aliphatic carbocycles. The van der Waals surface area contributed by atoms with Gasteiger partial charge in [0.05, 0.1) is 6.21 Å². The van der Waals surface area contributed by atoms with Gasteiger partial charge in [-0.2, -0.15) is 5.10 Å². The molecule has 0 atom stereocenters. The van der Waals surface area contributed by atoms with E-state index in [1.54, 1.807) is 72.8 Å². The van der Waals surface area contributed by atoms with E-state index >= 15 is 0 Å². The minimum Gasteiger partial charge on any atom is -0.484 e. The molecule has 3 aromatic carbocycles. The summed E-state index contributed by atoms with van der Waals surface area (Å²) in [5.41, 5.74) is 7.10. The van der Waals surface area contributed by atoms with Gasteiger partial charge in [-0.3, -0.25) is 9.59 Å². The fourth-order valence-electron chi connectivity index (χ4n) is 2.84. The summed E-state index contributed by atoms with van der Waals surface area (Å²) in [5, 5.41) is 15.3.